The van der Waals surface area contributed by atoms with Crippen LogP contribution in [0.15, 0.2) is 64.4 Å². The van der Waals surface area contributed by atoms with Crippen molar-refractivity contribution in [2.45, 2.75) is 56.7 Å². The first kappa shape index (κ1) is 18.9. The Kier molecular flexibility index (Phi) is 4.46. The lowest BCUT2D eigenvalue weighted by Gasteiger charge is -2.35. The van der Waals surface area contributed by atoms with E-state index in [-0.39, 0.29) is 5.41 Å². The predicted octanol–water partition coefficient (Wildman–Crippen LogP) is 6.86. The molecule has 28 heavy (non-hydrogen) atoms. The summed E-state index contributed by atoms with van der Waals surface area (Å²) < 4.78 is 13.3. The molecule has 3 aromatic rings. The molecule has 0 N–H and O–H groups in total. The van der Waals surface area contributed by atoms with E-state index in [9.17, 15) is 4.21 Å². The van der Waals surface area contributed by atoms with Crippen LogP contribution in [0.1, 0.15) is 43.0 Å². The zero-order valence-corrected chi connectivity index (χ0v) is 18.3. The van der Waals surface area contributed by atoms with Crippen molar-refractivity contribution in [3.05, 3.63) is 76.9 Å². The molecule has 1 aliphatic rings. The van der Waals surface area contributed by atoms with Crippen molar-refractivity contribution in [1.29, 1.82) is 0 Å². The molecule has 144 valence electrons. The summed E-state index contributed by atoms with van der Waals surface area (Å²) in [5.41, 5.74) is 8.24. The van der Waals surface area contributed by atoms with Crippen molar-refractivity contribution >= 4 is 27.9 Å². The summed E-state index contributed by atoms with van der Waals surface area (Å²) in [4.78, 5) is 4.06. The highest BCUT2D eigenvalue weighted by Crippen LogP contribution is 2.48. The molecule has 0 aliphatic carbocycles. The Morgan fingerprint density at radius 2 is 1.39 bits per heavy atom. The molecule has 1 atom stereocenters. The number of hydrogen-bond acceptors (Lipinski definition) is 2. The number of benzene rings is 3. The quantitative estimate of drug-likeness (QED) is 0.354. The fourth-order valence-electron chi connectivity index (χ4n) is 3.98. The molecule has 3 aromatic carbocycles. The summed E-state index contributed by atoms with van der Waals surface area (Å²) in [5, 5.41) is 0. The summed E-state index contributed by atoms with van der Waals surface area (Å²) in [6, 6.07) is 18.9. The first-order valence-electron chi connectivity index (χ1n) is 9.72. The first-order valence-corrected chi connectivity index (χ1v) is 10.9. The number of para-hydroxylation sites is 1. The van der Waals surface area contributed by atoms with E-state index in [1.807, 2.05) is 18.2 Å². The number of aryl methyl sites for hydroxylation is 3. The fraction of sp³-hybridized carbons (Fsp3) is 0.280. The van der Waals surface area contributed by atoms with E-state index < -0.39 is 10.8 Å². The molecule has 0 aromatic heterocycles. The van der Waals surface area contributed by atoms with E-state index in [1.165, 1.54) is 22.4 Å². The SMILES string of the molecule is Cc1ccc2c(c1)S(=O)c1ccccc1N2c1c(C)cc(C(C)(C)C)cc1C. The van der Waals surface area contributed by atoms with Crippen molar-refractivity contribution in [1.82, 2.24) is 0 Å². The smallest absolute Gasteiger partial charge is 0.0892 e. The maximum Gasteiger partial charge on any atom is 0.0892 e. The minimum absolute atomic E-state index is 0.102. The zero-order valence-electron chi connectivity index (χ0n) is 17.5. The summed E-state index contributed by atoms with van der Waals surface area (Å²) >= 11 is 0. The molecule has 2 nitrogen and oxygen atoms in total. The standard InChI is InChI=1S/C25H27NOS/c1-16-11-12-21-23(13-16)28(27)22-10-8-7-9-20(22)26(21)24-17(2)14-19(15-18(24)3)25(4,5)6/h7-15H,1-6H3. The van der Waals surface area contributed by atoms with Crippen LogP contribution < -0.4 is 4.90 Å². The molecule has 3 heteroatoms. The average Bonchev–Trinajstić information content (AvgIpc) is 2.63. The van der Waals surface area contributed by atoms with E-state index in [0.29, 0.717) is 0 Å². The van der Waals surface area contributed by atoms with Crippen LogP contribution in [0.3, 0.4) is 0 Å². The highest BCUT2D eigenvalue weighted by Gasteiger charge is 2.31. The van der Waals surface area contributed by atoms with Crippen LogP contribution in [0.2, 0.25) is 0 Å². The molecule has 0 fully saturated rings. The van der Waals surface area contributed by atoms with E-state index in [2.05, 4.69) is 82.8 Å². The van der Waals surface area contributed by atoms with Crippen LogP contribution in [-0.2, 0) is 16.2 Å². The molecule has 4 rings (SSSR count). The maximum absolute atomic E-state index is 13.3. The monoisotopic (exact) mass is 389 g/mol. The summed E-state index contributed by atoms with van der Waals surface area (Å²) in [6.45, 7) is 13.2. The maximum atomic E-state index is 13.3. The molecular formula is C25H27NOS. The van der Waals surface area contributed by atoms with E-state index >= 15 is 0 Å². The molecule has 1 aliphatic heterocycles. The first-order chi connectivity index (χ1) is 13.2. The van der Waals surface area contributed by atoms with Gasteiger partial charge in [0.05, 0.1) is 37.7 Å². The number of hydrogen-bond donors (Lipinski definition) is 0. The van der Waals surface area contributed by atoms with Gasteiger partial charge in [-0.3, -0.25) is 0 Å². The third-order valence-corrected chi connectivity index (χ3v) is 6.91. The van der Waals surface area contributed by atoms with Crippen LogP contribution in [-0.4, -0.2) is 4.21 Å². The van der Waals surface area contributed by atoms with Gasteiger partial charge >= 0.3 is 0 Å². The van der Waals surface area contributed by atoms with Gasteiger partial charge in [0, 0.05) is 0 Å². The Hall–Kier alpha value is -2.39. The van der Waals surface area contributed by atoms with Gasteiger partial charge in [-0.25, -0.2) is 4.21 Å². The Labute approximate surface area is 170 Å². The molecule has 0 spiro atoms. The van der Waals surface area contributed by atoms with Crippen molar-refractivity contribution < 1.29 is 4.21 Å². The van der Waals surface area contributed by atoms with Crippen LogP contribution in [0.25, 0.3) is 0 Å². The zero-order chi connectivity index (χ0) is 20.2. The lowest BCUT2D eigenvalue weighted by atomic mass is 9.84. The lowest BCUT2D eigenvalue weighted by molar-refractivity contribution is 0.589. The van der Waals surface area contributed by atoms with Crippen LogP contribution in [0.4, 0.5) is 17.1 Å². The molecule has 0 saturated carbocycles. The second kappa shape index (κ2) is 6.59. The molecule has 0 amide bonds. The molecular weight excluding hydrogens is 362 g/mol. The minimum atomic E-state index is -1.17. The Morgan fingerprint density at radius 1 is 0.786 bits per heavy atom. The Balaban J connectivity index is 2.02. The Morgan fingerprint density at radius 3 is 2.04 bits per heavy atom. The normalized spacial score (nSPS) is 15.9. The van der Waals surface area contributed by atoms with E-state index in [0.717, 1.165) is 26.7 Å². The third kappa shape index (κ3) is 2.98. The summed E-state index contributed by atoms with van der Waals surface area (Å²) in [6.07, 6.45) is 0. The summed E-state index contributed by atoms with van der Waals surface area (Å²) in [7, 11) is -1.17. The van der Waals surface area contributed by atoms with Crippen LogP contribution in [0, 0.1) is 20.8 Å². The van der Waals surface area contributed by atoms with E-state index in [4.69, 9.17) is 0 Å². The third-order valence-electron chi connectivity index (χ3n) is 5.44. The summed E-state index contributed by atoms with van der Waals surface area (Å²) in [5.74, 6) is 0. The van der Waals surface area contributed by atoms with Gasteiger partial charge in [0.1, 0.15) is 0 Å². The minimum Gasteiger partial charge on any atom is -0.307 e. The predicted molar refractivity (Wildman–Crippen MR) is 119 cm³/mol. The number of nitrogens with zero attached hydrogens (tertiary/aromatic N) is 1. The van der Waals surface area contributed by atoms with E-state index in [1.54, 1.807) is 0 Å². The van der Waals surface area contributed by atoms with Crippen molar-refractivity contribution in [3.8, 4) is 0 Å². The molecule has 0 radical (unpaired) electrons. The highest BCUT2D eigenvalue weighted by atomic mass is 32.2. The van der Waals surface area contributed by atoms with Crippen molar-refractivity contribution in [2.24, 2.45) is 0 Å². The number of anilines is 3. The number of rotatable bonds is 1. The second-order valence-corrected chi connectivity index (χ2v) is 10.2. The molecule has 1 unspecified atom stereocenters. The Bertz CT molecular complexity index is 1080. The van der Waals surface area contributed by atoms with Gasteiger partial charge in [-0.2, -0.15) is 0 Å². The second-order valence-electron chi connectivity index (χ2n) is 8.75. The van der Waals surface area contributed by atoms with Gasteiger partial charge in [0.2, 0.25) is 0 Å². The van der Waals surface area contributed by atoms with Gasteiger partial charge in [0.25, 0.3) is 0 Å². The van der Waals surface area contributed by atoms with Gasteiger partial charge in [-0.05, 0) is 72.7 Å². The lowest BCUT2D eigenvalue weighted by Crippen LogP contribution is -2.22. The highest BCUT2D eigenvalue weighted by molar-refractivity contribution is 7.85. The number of fused-ring (bicyclic) bond motifs is 2. The largest absolute Gasteiger partial charge is 0.307 e. The van der Waals surface area contributed by atoms with Crippen molar-refractivity contribution in [3.63, 3.8) is 0 Å². The van der Waals surface area contributed by atoms with Crippen LogP contribution >= 0.6 is 0 Å². The van der Waals surface area contributed by atoms with Gasteiger partial charge < -0.3 is 4.90 Å². The van der Waals surface area contributed by atoms with Crippen LogP contribution in [0.5, 0.6) is 0 Å². The molecule has 1 heterocycles. The van der Waals surface area contributed by atoms with Gasteiger partial charge in [0.15, 0.2) is 0 Å². The average molecular weight is 390 g/mol. The fourth-order valence-corrected chi connectivity index (χ4v) is 5.41. The topological polar surface area (TPSA) is 20.3 Å². The van der Waals surface area contributed by atoms with Crippen molar-refractivity contribution in [2.75, 3.05) is 4.90 Å². The molecule has 0 saturated heterocycles. The molecule has 0 bridgehead atoms. The van der Waals surface area contributed by atoms with Gasteiger partial charge in [-0.15, -0.1) is 0 Å². The van der Waals surface area contributed by atoms with Gasteiger partial charge in [-0.1, -0.05) is 51.1 Å².